The standard InChI is InChI=1S/C31H36N8O3/c32-29-27-28(21-6-8-26(9-7-21)42-25-4-2-1-3-5-25)35-39(30(27)34-20-33-29)23-12-16-36(17-13-23)22-10-14-37(15-11-22)24-18-38(19-24)31(40)41/h1-9,20,22-24H,10-19H2,(H,40,41)(H2,32,33,34). The van der Waals surface area contributed by atoms with Crippen LogP contribution in [0.15, 0.2) is 60.9 Å². The van der Waals surface area contributed by atoms with E-state index in [-0.39, 0.29) is 6.04 Å². The number of piperidine rings is 2. The molecule has 7 rings (SSSR count). The predicted octanol–water partition coefficient (Wildman–Crippen LogP) is 4.33. The number of likely N-dealkylation sites (tertiary alicyclic amines) is 3. The Morgan fingerprint density at radius 1 is 0.810 bits per heavy atom. The molecule has 3 aliphatic rings. The van der Waals surface area contributed by atoms with E-state index in [2.05, 4.69) is 24.4 Å². The second-order valence-electron chi connectivity index (χ2n) is 11.6. The molecule has 4 aromatic rings. The molecule has 11 nitrogen and oxygen atoms in total. The SMILES string of the molecule is Nc1ncnc2c1c(-c1ccc(Oc3ccccc3)cc1)nn2C1CCN(C2CCN(C3CN(C(=O)O)C3)CC2)CC1. The molecule has 2 aromatic carbocycles. The van der Waals surface area contributed by atoms with Crippen molar-refractivity contribution in [3.05, 3.63) is 60.9 Å². The van der Waals surface area contributed by atoms with Gasteiger partial charge in [0.25, 0.3) is 0 Å². The number of hydrogen-bond donors (Lipinski definition) is 2. The Morgan fingerprint density at radius 3 is 2.10 bits per heavy atom. The Balaban J connectivity index is 1.02. The lowest BCUT2D eigenvalue weighted by Crippen LogP contribution is -2.62. The smallest absolute Gasteiger partial charge is 0.407 e. The number of carbonyl (C=O) groups is 1. The normalized spacial score (nSPS) is 19.7. The molecule has 5 heterocycles. The second-order valence-corrected chi connectivity index (χ2v) is 11.6. The molecule has 3 N–H and O–H groups in total. The number of amides is 1. The molecule has 3 fully saturated rings. The van der Waals surface area contributed by atoms with Crippen LogP contribution < -0.4 is 10.5 Å². The van der Waals surface area contributed by atoms with Gasteiger partial charge in [-0.25, -0.2) is 19.4 Å². The summed E-state index contributed by atoms with van der Waals surface area (Å²) in [6.07, 6.45) is 4.99. The maximum Gasteiger partial charge on any atom is 0.407 e. The van der Waals surface area contributed by atoms with E-state index in [1.165, 1.54) is 11.2 Å². The Kier molecular flexibility index (Phi) is 7.12. The minimum atomic E-state index is -0.804. The first kappa shape index (κ1) is 26.7. The van der Waals surface area contributed by atoms with Crippen molar-refractivity contribution < 1.29 is 14.6 Å². The molecule has 3 aliphatic heterocycles. The number of anilines is 1. The van der Waals surface area contributed by atoms with E-state index >= 15 is 0 Å². The van der Waals surface area contributed by atoms with Gasteiger partial charge in [-0.05, 0) is 62.1 Å². The summed E-state index contributed by atoms with van der Waals surface area (Å²) in [4.78, 5) is 26.6. The van der Waals surface area contributed by atoms with Crippen molar-refractivity contribution in [3.63, 3.8) is 0 Å². The summed E-state index contributed by atoms with van der Waals surface area (Å²) in [5, 5.41) is 15.0. The van der Waals surface area contributed by atoms with E-state index in [0.717, 1.165) is 85.7 Å². The molecule has 2 aromatic heterocycles. The van der Waals surface area contributed by atoms with Crippen LogP contribution in [0.3, 0.4) is 0 Å². The van der Waals surface area contributed by atoms with Crippen LogP contribution in [0.5, 0.6) is 11.5 Å². The zero-order valence-electron chi connectivity index (χ0n) is 23.5. The van der Waals surface area contributed by atoms with Gasteiger partial charge in [-0.1, -0.05) is 18.2 Å². The molecule has 218 valence electrons. The van der Waals surface area contributed by atoms with Gasteiger partial charge in [0, 0.05) is 56.9 Å². The molecule has 3 saturated heterocycles. The third-order valence-electron chi connectivity index (χ3n) is 9.13. The van der Waals surface area contributed by atoms with Crippen LogP contribution in [0.1, 0.15) is 31.7 Å². The van der Waals surface area contributed by atoms with Gasteiger partial charge < -0.3 is 25.4 Å². The summed E-state index contributed by atoms with van der Waals surface area (Å²) >= 11 is 0. The first-order valence-electron chi connectivity index (χ1n) is 14.8. The number of carboxylic acid groups (broad SMARTS) is 1. The van der Waals surface area contributed by atoms with Gasteiger partial charge in [0.1, 0.15) is 29.3 Å². The van der Waals surface area contributed by atoms with E-state index < -0.39 is 6.09 Å². The van der Waals surface area contributed by atoms with Gasteiger partial charge in [-0.15, -0.1) is 0 Å². The van der Waals surface area contributed by atoms with Crippen LogP contribution in [-0.2, 0) is 0 Å². The average Bonchev–Trinajstić information content (AvgIpc) is 3.39. The highest BCUT2D eigenvalue weighted by Gasteiger charge is 2.38. The van der Waals surface area contributed by atoms with Crippen molar-refractivity contribution in [3.8, 4) is 22.8 Å². The van der Waals surface area contributed by atoms with Crippen LogP contribution >= 0.6 is 0 Å². The largest absolute Gasteiger partial charge is 0.465 e. The quantitative estimate of drug-likeness (QED) is 0.349. The molecule has 0 radical (unpaired) electrons. The maximum atomic E-state index is 11.1. The van der Waals surface area contributed by atoms with Crippen molar-refractivity contribution in [2.75, 3.05) is 45.0 Å². The van der Waals surface area contributed by atoms with E-state index in [9.17, 15) is 4.79 Å². The van der Waals surface area contributed by atoms with Gasteiger partial charge in [0.15, 0.2) is 5.65 Å². The lowest BCUT2D eigenvalue weighted by Gasteiger charge is -2.48. The monoisotopic (exact) mass is 568 g/mol. The molecule has 0 unspecified atom stereocenters. The topological polar surface area (TPSA) is 126 Å². The average molecular weight is 569 g/mol. The minimum absolute atomic E-state index is 0.240. The van der Waals surface area contributed by atoms with Gasteiger partial charge in [0.05, 0.1) is 11.4 Å². The lowest BCUT2D eigenvalue weighted by atomic mass is 9.96. The fourth-order valence-corrected chi connectivity index (χ4v) is 6.71. The number of nitrogens with zero attached hydrogens (tertiary/aromatic N) is 7. The van der Waals surface area contributed by atoms with E-state index in [4.69, 9.17) is 20.7 Å². The highest BCUT2D eigenvalue weighted by molar-refractivity contribution is 5.98. The number of benzene rings is 2. The highest BCUT2D eigenvalue weighted by Crippen LogP contribution is 2.36. The Bertz CT molecular complexity index is 1540. The fraction of sp³-hybridized carbons (Fsp3) is 0.419. The van der Waals surface area contributed by atoms with Crippen LogP contribution in [0.25, 0.3) is 22.3 Å². The van der Waals surface area contributed by atoms with E-state index in [1.54, 1.807) is 0 Å². The number of rotatable bonds is 6. The summed E-state index contributed by atoms with van der Waals surface area (Å²) in [7, 11) is 0. The predicted molar refractivity (Wildman–Crippen MR) is 160 cm³/mol. The third kappa shape index (κ3) is 5.14. The molecule has 11 heteroatoms. The summed E-state index contributed by atoms with van der Waals surface area (Å²) in [5.74, 6) is 1.99. The first-order chi connectivity index (χ1) is 20.5. The summed E-state index contributed by atoms with van der Waals surface area (Å²) in [6.45, 7) is 5.42. The zero-order chi connectivity index (χ0) is 28.6. The van der Waals surface area contributed by atoms with Crippen molar-refractivity contribution in [1.82, 2.24) is 34.4 Å². The minimum Gasteiger partial charge on any atom is -0.465 e. The number of hydrogen-bond acceptors (Lipinski definition) is 8. The van der Waals surface area contributed by atoms with Crippen molar-refractivity contribution in [1.29, 1.82) is 0 Å². The number of ether oxygens (including phenoxy) is 1. The highest BCUT2D eigenvalue weighted by atomic mass is 16.5. The van der Waals surface area contributed by atoms with Gasteiger partial charge in [0.2, 0.25) is 0 Å². The van der Waals surface area contributed by atoms with Crippen LogP contribution in [-0.4, -0.2) is 97.0 Å². The van der Waals surface area contributed by atoms with Crippen LogP contribution in [0, 0.1) is 0 Å². The molecule has 1 amide bonds. The summed E-state index contributed by atoms with van der Waals surface area (Å²) in [6, 6.07) is 18.9. The number of nitrogen functional groups attached to an aromatic ring is 1. The summed E-state index contributed by atoms with van der Waals surface area (Å²) < 4.78 is 8.05. The Labute approximate surface area is 244 Å². The Hall–Kier alpha value is -4.22. The van der Waals surface area contributed by atoms with Crippen molar-refractivity contribution >= 4 is 22.9 Å². The van der Waals surface area contributed by atoms with Crippen LogP contribution in [0.2, 0.25) is 0 Å². The van der Waals surface area contributed by atoms with Gasteiger partial charge in [-0.2, -0.15) is 5.10 Å². The van der Waals surface area contributed by atoms with Crippen LogP contribution in [0.4, 0.5) is 10.6 Å². The van der Waals surface area contributed by atoms with E-state index in [0.29, 0.717) is 31.0 Å². The van der Waals surface area contributed by atoms with Crippen molar-refractivity contribution in [2.24, 2.45) is 0 Å². The fourth-order valence-electron chi connectivity index (χ4n) is 6.71. The molecule has 0 bridgehead atoms. The maximum absolute atomic E-state index is 11.1. The molecular weight excluding hydrogens is 532 g/mol. The van der Waals surface area contributed by atoms with Gasteiger partial charge >= 0.3 is 6.09 Å². The number of aromatic nitrogens is 4. The van der Waals surface area contributed by atoms with Gasteiger partial charge in [-0.3, -0.25) is 4.90 Å². The number of para-hydroxylation sites is 1. The third-order valence-corrected chi connectivity index (χ3v) is 9.13. The molecule has 42 heavy (non-hydrogen) atoms. The van der Waals surface area contributed by atoms with Crippen molar-refractivity contribution in [2.45, 2.75) is 43.8 Å². The molecule has 0 spiro atoms. The molecule has 0 aliphatic carbocycles. The first-order valence-corrected chi connectivity index (χ1v) is 14.8. The lowest BCUT2D eigenvalue weighted by molar-refractivity contribution is 0.00578. The Morgan fingerprint density at radius 2 is 1.43 bits per heavy atom. The zero-order valence-corrected chi connectivity index (χ0v) is 23.5. The number of nitrogens with two attached hydrogens (primary N) is 1. The van der Waals surface area contributed by atoms with E-state index in [1.807, 2.05) is 54.6 Å². The summed E-state index contributed by atoms with van der Waals surface area (Å²) in [5.41, 5.74) is 8.91. The second kappa shape index (κ2) is 11.2. The number of fused-ring (bicyclic) bond motifs is 1. The molecular formula is C31H36N8O3. The molecule has 0 atom stereocenters. The molecule has 0 saturated carbocycles.